The normalized spacial score (nSPS) is 19.2. The molecule has 3 N–H and O–H groups in total. The van der Waals surface area contributed by atoms with Crippen LogP contribution in [-0.2, 0) is 31.2 Å². The van der Waals surface area contributed by atoms with Gasteiger partial charge in [0.2, 0.25) is 6.23 Å². The molecule has 44 heavy (non-hydrogen) atoms. The first-order valence-corrected chi connectivity index (χ1v) is 14.6. The lowest BCUT2D eigenvalue weighted by atomic mass is 9.88. The van der Waals surface area contributed by atoms with Crippen molar-refractivity contribution < 1.29 is 28.6 Å². The lowest BCUT2D eigenvalue weighted by Crippen LogP contribution is -2.73. The van der Waals surface area contributed by atoms with Crippen LogP contribution in [0.1, 0.15) is 18.1 Å². The largest absolute Gasteiger partial charge is 0.468 e. The van der Waals surface area contributed by atoms with Crippen LogP contribution in [0.15, 0.2) is 97.1 Å². The van der Waals surface area contributed by atoms with Gasteiger partial charge in [0.15, 0.2) is 6.04 Å². The lowest BCUT2D eigenvalue weighted by molar-refractivity contribution is -0.145. The number of carbonyl (C=O) groups excluding carboxylic acids is 3. The minimum absolute atomic E-state index is 0.0343. The molecular weight excluding hydrogens is 560 g/mol. The monoisotopic (exact) mass is 594 g/mol. The second kappa shape index (κ2) is 12.6. The molecule has 2 heterocycles. The van der Waals surface area contributed by atoms with Gasteiger partial charge in [-0.3, -0.25) is 9.59 Å². The van der Waals surface area contributed by atoms with Crippen LogP contribution in [-0.4, -0.2) is 56.5 Å². The summed E-state index contributed by atoms with van der Waals surface area (Å²) in [6, 6.07) is 29.1. The van der Waals surface area contributed by atoms with Crippen molar-refractivity contribution in [1.29, 1.82) is 0 Å². The number of amides is 3. The number of anilines is 1. The number of β-lactam (4-membered cyclic amide) rings is 1. The van der Waals surface area contributed by atoms with Gasteiger partial charge < -0.3 is 35.1 Å². The summed E-state index contributed by atoms with van der Waals surface area (Å²) in [6.07, 6.45) is -1.57. The quantitative estimate of drug-likeness (QED) is 0.252. The molecule has 0 radical (unpaired) electrons. The zero-order valence-electron chi connectivity index (χ0n) is 24.3. The van der Waals surface area contributed by atoms with Gasteiger partial charge in [-0.2, -0.15) is 0 Å². The topological polar surface area (TPSA) is 118 Å². The Morgan fingerprint density at radius 1 is 0.932 bits per heavy atom. The van der Waals surface area contributed by atoms with Crippen molar-refractivity contribution in [2.45, 2.75) is 31.3 Å². The summed E-state index contributed by atoms with van der Waals surface area (Å²) in [7, 11) is 0. The standard InChI is InChI=1S/C34H34N4O6/c1-34(26-15-14-24-10-5-6-11-25(24)20-26,37-33(41)43-22-23-8-3-2-4-9-23)32(40)35-29-30(39)36-31(29)44-28-13-7-12-27(21-28)38-16-18-42-19-17-38/h2-15,20-21,29,31H,16-19,22H2,1H3,(H,35,40)(H,36,39)(H,37,41)/t29-,31-,34-/m1/s1. The Bertz CT molecular complexity index is 1660. The first-order valence-electron chi connectivity index (χ1n) is 14.6. The fraction of sp³-hybridized carbons (Fsp3) is 0.265. The summed E-state index contributed by atoms with van der Waals surface area (Å²) in [4.78, 5) is 41.9. The molecule has 0 saturated carbocycles. The van der Waals surface area contributed by atoms with E-state index in [1.807, 2.05) is 84.9 Å². The summed E-state index contributed by atoms with van der Waals surface area (Å²) >= 11 is 0. The van der Waals surface area contributed by atoms with E-state index in [4.69, 9.17) is 14.2 Å². The molecule has 10 heteroatoms. The maximum absolute atomic E-state index is 14.0. The van der Waals surface area contributed by atoms with E-state index in [0.29, 0.717) is 24.5 Å². The van der Waals surface area contributed by atoms with Gasteiger partial charge in [0.1, 0.15) is 17.9 Å². The average Bonchev–Trinajstić information content (AvgIpc) is 3.06. The number of nitrogens with zero attached hydrogens (tertiary/aromatic N) is 1. The predicted molar refractivity (Wildman–Crippen MR) is 165 cm³/mol. The van der Waals surface area contributed by atoms with E-state index in [-0.39, 0.29) is 12.5 Å². The van der Waals surface area contributed by atoms with E-state index >= 15 is 0 Å². The van der Waals surface area contributed by atoms with Gasteiger partial charge in [0.05, 0.1) is 13.2 Å². The number of ether oxygens (including phenoxy) is 3. The summed E-state index contributed by atoms with van der Waals surface area (Å²) in [5.41, 5.74) is 0.748. The number of alkyl carbamates (subject to hydrolysis) is 1. The van der Waals surface area contributed by atoms with Crippen LogP contribution in [0, 0.1) is 0 Å². The summed E-state index contributed by atoms with van der Waals surface area (Å²) in [5, 5.41) is 10.2. The Hall–Kier alpha value is -5.09. The molecular formula is C34H34N4O6. The number of morpholine rings is 1. The highest BCUT2D eigenvalue weighted by Crippen LogP contribution is 2.28. The predicted octanol–water partition coefficient (Wildman–Crippen LogP) is 3.84. The Morgan fingerprint density at radius 2 is 1.68 bits per heavy atom. The first kappa shape index (κ1) is 29.0. The first-order chi connectivity index (χ1) is 21.4. The lowest BCUT2D eigenvalue weighted by Gasteiger charge is -2.39. The van der Waals surface area contributed by atoms with Gasteiger partial charge in [0.25, 0.3) is 11.8 Å². The van der Waals surface area contributed by atoms with Crippen molar-refractivity contribution in [3.05, 3.63) is 108 Å². The number of hydrogen-bond acceptors (Lipinski definition) is 7. The average molecular weight is 595 g/mol. The van der Waals surface area contributed by atoms with Crippen LogP contribution in [0.25, 0.3) is 10.8 Å². The molecule has 0 spiro atoms. The van der Waals surface area contributed by atoms with Crippen LogP contribution >= 0.6 is 0 Å². The van der Waals surface area contributed by atoms with Gasteiger partial charge in [-0.15, -0.1) is 0 Å². The molecule has 3 atom stereocenters. The van der Waals surface area contributed by atoms with E-state index < -0.39 is 29.8 Å². The number of hydrogen-bond donors (Lipinski definition) is 3. The highest BCUT2D eigenvalue weighted by molar-refractivity contribution is 5.98. The molecule has 2 aliphatic rings. The van der Waals surface area contributed by atoms with Crippen molar-refractivity contribution in [2.24, 2.45) is 0 Å². The van der Waals surface area contributed by atoms with Gasteiger partial charge in [-0.25, -0.2) is 4.79 Å². The number of benzene rings is 4. The van der Waals surface area contributed by atoms with E-state index in [0.717, 1.165) is 35.1 Å². The van der Waals surface area contributed by atoms with E-state index in [1.54, 1.807) is 19.1 Å². The van der Waals surface area contributed by atoms with Crippen molar-refractivity contribution in [3.8, 4) is 5.75 Å². The molecule has 0 unspecified atom stereocenters. The number of fused-ring (bicyclic) bond motifs is 1. The third kappa shape index (κ3) is 6.30. The highest BCUT2D eigenvalue weighted by atomic mass is 16.5. The van der Waals surface area contributed by atoms with Gasteiger partial charge >= 0.3 is 6.09 Å². The number of nitrogens with one attached hydrogen (secondary N) is 3. The molecule has 0 aliphatic carbocycles. The SMILES string of the molecule is C[C@](NC(=O)OCc1ccccc1)(C(=O)N[C@@H]1C(=O)N[C@@H]1Oc1cccc(N2CCOCC2)c1)c1ccc2ccccc2c1. The maximum Gasteiger partial charge on any atom is 0.408 e. The van der Waals surface area contributed by atoms with Crippen LogP contribution in [0.5, 0.6) is 5.75 Å². The van der Waals surface area contributed by atoms with Crippen LogP contribution in [0.2, 0.25) is 0 Å². The maximum atomic E-state index is 14.0. The van der Waals surface area contributed by atoms with Crippen LogP contribution in [0.4, 0.5) is 10.5 Å². The molecule has 226 valence electrons. The fourth-order valence-electron chi connectivity index (χ4n) is 5.32. The summed E-state index contributed by atoms with van der Waals surface area (Å²) in [5.74, 6) is -0.418. The second-order valence-electron chi connectivity index (χ2n) is 11.0. The van der Waals surface area contributed by atoms with Crippen LogP contribution in [0.3, 0.4) is 0 Å². The molecule has 4 aromatic rings. The summed E-state index contributed by atoms with van der Waals surface area (Å²) < 4.78 is 17.0. The molecule has 3 amide bonds. The Balaban J connectivity index is 1.20. The van der Waals surface area contributed by atoms with Crippen molar-refractivity contribution in [3.63, 3.8) is 0 Å². The molecule has 2 aliphatic heterocycles. The molecule has 6 rings (SSSR count). The zero-order valence-corrected chi connectivity index (χ0v) is 24.3. The van der Waals surface area contributed by atoms with E-state index in [1.165, 1.54) is 0 Å². The van der Waals surface area contributed by atoms with Gasteiger partial charge in [0, 0.05) is 24.8 Å². The van der Waals surface area contributed by atoms with Gasteiger partial charge in [-0.1, -0.05) is 72.8 Å². The smallest absolute Gasteiger partial charge is 0.408 e. The van der Waals surface area contributed by atoms with Crippen molar-refractivity contribution in [1.82, 2.24) is 16.0 Å². The minimum atomic E-state index is -1.57. The zero-order chi connectivity index (χ0) is 30.5. The fourth-order valence-corrected chi connectivity index (χ4v) is 5.32. The van der Waals surface area contributed by atoms with Crippen LogP contribution < -0.4 is 25.6 Å². The second-order valence-corrected chi connectivity index (χ2v) is 11.0. The molecule has 10 nitrogen and oxygen atoms in total. The highest BCUT2D eigenvalue weighted by Gasteiger charge is 2.47. The Labute approximate surface area is 255 Å². The van der Waals surface area contributed by atoms with E-state index in [2.05, 4.69) is 20.9 Å². The van der Waals surface area contributed by atoms with E-state index in [9.17, 15) is 14.4 Å². The van der Waals surface area contributed by atoms with Gasteiger partial charge in [-0.05, 0) is 47.0 Å². The molecule has 2 saturated heterocycles. The molecule has 0 bridgehead atoms. The Kier molecular flexibility index (Phi) is 8.33. The van der Waals surface area contributed by atoms with Crippen molar-refractivity contribution >= 4 is 34.4 Å². The number of carbonyl (C=O) groups is 3. The Morgan fingerprint density at radius 3 is 2.45 bits per heavy atom. The third-order valence-corrected chi connectivity index (χ3v) is 7.96. The molecule has 0 aromatic heterocycles. The summed E-state index contributed by atoms with van der Waals surface area (Å²) in [6.45, 7) is 4.48. The van der Waals surface area contributed by atoms with Crippen molar-refractivity contribution in [2.75, 3.05) is 31.2 Å². The minimum Gasteiger partial charge on any atom is -0.468 e. The number of rotatable bonds is 9. The third-order valence-electron chi connectivity index (χ3n) is 7.96. The molecule has 4 aromatic carbocycles. The molecule has 2 fully saturated rings.